The van der Waals surface area contributed by atoms with Crippen molar-refractivity contribution in [3.05, 3.63) is 59.2 Å². The summed E-state index contributed by atoms with van der Waals surface area (Å²) < 4.78 is 5.44. The molecule has 9 heteroatoms. The van der Waals surface area contributed by atoms with Crippen molar-refractivity contribution >= 4 is 17.9 Å². The standard InChI is InChI=1S/C31H45N3O6/c1-8-11-21(4)32-28(37)26(24-13-10-12-20(3)27(24)36)34(18-9-2)29(38)25(33-30(39)40-31(5,6)7)19-22-14-16-23(35)17-15-22/h10,12-17,21,25-26,35-36H,8-9,11,18-19H2,1-7H3,(H,32,37)(H,33,39). The zero-order valence-corrected chi connectivity index (χ0v) is 24.8. The Morgan fingerprint density at radius 3 is 2.20 bits per heavy atom. The molecule has 2 aromatic carbocycles. The number of aromatic hydroxyl groups is 2. The van der Waals surface area contributed by atoms with Crippen molar-refractivity contribution in [1.82, 2.24) is 15.5 Å². The van der Waals surface area contributed by atoms with Crippen molar-refractivity contribution in [3.63, 3.8) is 0 Å². The third-order valence-corrected chi connectivity index (χ3v) is 6.35. The van der Waals surface area contributed by atoms with E-state index < -0.39 is 35.6 Å². The Morgan fingerprint density at radius 2 is 1.62 bits per heavy atom. The number of benzene rings is 2. The summed E-state index contributed by atoms with van der Waals surface area (Å²) in [6, 6.07) is 9.10. The van der Waals surface area contributed by atoms with Crippen LogP contribution in [0.4, 0.5) is 4.79 Å². The van der Waals surface area contributed by atoms with Crippen LogP contribution in [0.2, 0.25) is 0 Å². The average molecular weight is 556 g/mol. The van der Waals surface area contributed by atoms with E-state index in [1.54, 1.807) is 58.0 Å². The van der Waals surface area contributed by atoms with Gasteiger partial charge in [-0.3, -0.25) is 9.59 Å². The fourth-order valence-corrected chi connectivity index (χ4v) is 4.51. The van der Waals surface area contributed by atoms with Gasteiger partial charge in [-0.2, -0.15) is 0 Å². The molecule has 0 aromatic heterocycles. The van der Waals surface area contributed by atoms with Crippen molar-refractivity contribution in [3.8, 4) is 11.5 Å². The van der Waals surface area contributed by atoms with Gasteiger partial charge in [0.25, 0.3) is 0 Å². The van der Waals surface area contributed by atoms with Gasteiger partial charge in [0, 0.05) is 24.6 Å². The SMILES string of the molecule is CCCC(C)NC(=O)C(c1cccc(C)c1O)N(CCC)C(=O)C(Cc1ccc(O)cc1)NC(=O)OC(C)(C)C. The number of carbonyl (C=O) groups is 3. The van der Waals surface area contributed by atoms with Crippen LogP contribution in [0.1, 0.15) is 83.5 Å². The molecule has 0 saturated carbocycles. The highest BCUT2D eigenvalue weighted by atomic mass is 16.6. The number of phenolic OH excluding ortho intramolecular Hbond substituents is 2. The van der Waals surface area contributed by atoms with Gasteiger partial charge in [-0.25, -0.2) is 4.79 Å². The maximum absolute atomic E-state index is 14.3. The molecule has 3 amide bonds. The maximum atomic E-state index is 14.3. The summed E-state index contributed by atoms with van der Waals surface area (Å²) in [7, 11) is 0. The van der Waals surface area contributed by atoms with Crippen molar-refractivity contribution in [2.24, 2.45) is 0 Å². The number of phenols is 2. The van der Waals surface area contributed by atoms with Crippen LogP contribution < -0.4 is 10.6 Å². The summed E-state index contributed by atoms with van der Waals surface area (Å²) in [5.41, 5.74) is 0.793. The first-order valence-electron chi connectivity index (χ1n) is 13.9. The molecule has 40 heavy (non-hydrogen) atoms. The summed E-state index contributed by atoms with van der Waals surface area (Å²) in [5.74, 6) is -0.892. The van der Waals surface area contributed by atoms with E-state index in [0.29, 0.717) is 23.1 Å². The molecule has 0 saturated heterocycles. The molecule has 0 fully saturated rings. The molecule has 3 atom stereocenters. The minimum absolute atomic E-state index is 0.0603. The van der Waals surface area contributed by atoms with Gasteiger partial charge in [0.05, 0.1) is 0 Å². The topological polar surface area (TPSA) is 128 Å². The fraction of sp³-hybridized carbons (Fsp3) is 0.516. The van der Waals surface area contributed by atoms with Crippen LogP contribution in [0, 0.1) is 6.92 Å². The minimum Gasteiger partial charge on any atom is -0.508 e. The quantitative estimate of drug-likeness (QED) is 0.288. The minimum atomic E-state index is -1.13. The molecule has 2 rings (SSSR count). The number of rotatable bonds is 12. The van der Waals surface area contributed by atoms with Crippen LogP contribution in [0.5, 0.6) is 11.5 Å². The second-order valence-corrected chi connectivity index (χ2v) is 11.2. The number of nitrogens with zero attached hydrogens (tertiary/aromatic N) is 1. The first kappa shape index (κ1) is 32.5. The van der Waals surface area contributed by atoms with Gasteiger partial charge in [-0.15, -0.1) is 0 Å². The summed E-state index contributed by atoms with van der Waals surface area (Å²) in [5, 5.41) is 26.4. The molecule has 0 radical (unpaired) electrons. The van der Waals surface area contributed by atoms with E-state index in [9.17, 15) is 24.6 Å². The number of nitrogens with one attached hydrogen (secondary N) is 2. The Kier molecular flexibility index (Phi) is 11.8. The van der Waals surface area contributed by atoms with E-state index in [2.05, 4.69) is 10.6 Å². The Balaban J connectivity index is 2.58. The molecule has 0 heterocycles. The molecule has 0 aliphatic heterocycles. The zero-order chi connectivity index (χ0) is 30.0. The Hall–Kier alpha value is -3.75. The van der Waals surface area contributed by atoms with E-state index in [-0.39, 0.29) is 30.5 Å². The monoisotopic (exact) mass is 555 g/mol. The van der Waals surface area contributed by atoms with Crippen molar-refractivity contribution in [2.45, 2.75) is 97.9 Å². The molecular formula is C31H45N3O6. The molecule has 9 nitrogen and oxygen atoms in total. The molecule has 0 aliphatic carbocycles. The molecule has 2 aromatic rings. The van der Waals surface area contributed by atoms with Gasteiger partial charge >= 0.3 is 6.09 Å². The third-order valence-electron chi connectivity index (χ3n) is 6.35. The highest BCUT2D eigenvalue weighted by Gasteiger charge is 2.37. The van der Waals surface area contributed by atoms with E-state index >= 15 is 0 Å². The van der Waals surface area contributed by atoms with Gasteiger partial charge < -0.3 is 30.5 Å². The number of aryl methyl sites for hydroxylation is 1. The average Bonchev–Trinajstić information content (AvgIpc) is 2.85. The van der Waals surface area contributed by atoms with E-state index in [1.807, 2.05) is 20.8 Å². The van der Waals surface area contributed by atoms with Gasteiger partial charge in [0.1, 0.15) is 29.2 Å². The predicted molar refractivity (Wildman–Crippen MR) is 155 cm³/mol. The first-order chi connectivity index (χ1) is 18.8. The lowest BCUT2D eigenvalue weighted by Crippen LogP contribution is -2.54. The highest BCUT2D eigenvalue weighted by molar-refractivity contribution is 5.93. The van der Waals surface area contributed by atoms with Crippen molar-refractivity contribution in [2.75, 3.05) is 6.54 Å². The molecule has 0 bridgehead atoms. The van der Waals surface area contributed by atoms with Gasteiger partial charge in [0.2, 0.25) is 11.8 Å². The number of amides is 3. The van der Waals surface area contributed by atoms with E-state index in [0.717, 1.165) is 12.8 Å². The molecular weight excluding hydrogens is 510 g/mol. The molecule has 4 N–H and O–H groups in total. The summed E-state index contributed by atoms with van der Waals surface area (Å²) >= 11 is 0. The number of hydrogen-bond acceptors (Lipinski definition) is 6. The summed E-state index contributed by atoms with van der Waals surface area (Å²) in [6.45, 7) is 12.9. The number of carbonyl (C=O) groups excluding carboxylic acids is 3. The Labute approximate surface area is 237 Å². The second-order valence-electron chi connectivity index (χ2n) is 11.2. The number of ether oxygens (including phenoxy) is 1. The Bertz CT molecular complexity index is 1140. The second kappa shape index (κ2) is 14.6. The van der Waals surface area contributed by atoms with Gasteiger partial charge in [-0.1, -0.05) is 50.6 Å². The van der Waals surface area contributed by atoms with E-state index in [4.69, 9.17) is 4.74 Å². The van der Waals surface area contributed by atoms with Crippen LogP contribution in [-0.4, -0.2) is 57.3 Å². The molecule has 220 valence electrons. The van der Waals surface area contributed by atoms with Gasteiger partial charge in [-0.05, 0) is 70.7 Å². The van der Waals surface area contributed by atoms with Crippen LogP contribution in [0.25, 0.3) is 0 Å². The zero-order valence-electron chi connectivity index (χ0n) is 24.8. The summed E-state index contributed by atoms with van der Waals surface area (Å²) in [4.78, 5) is 42.3. The lowest BCUT2D eigenvalue weighted by Gasteiger charge is -2.35. The first-order valence-corrected chi connectivity index (χ1v) is 13.9. The molecule has 0 spiro atoms. The van der Waals surface area contributed by atoms with Crippen LogP contribution in [0.3, 0.4) is 0 Å². The van der Waals surface area contributed by atoms with Crippen molar-refractivity contribution < 1.29 is 29.3 Å². The Morgan fingerprint density at radius 1 is 0.975 bits per heavy atom. The molecule has 3 unspecified atom stereocenters. The van der Waals surface area contributed by atoms with Crippen LogP contribution in [0.15, 0.2) is 42.5 Å². The normalized spacial score (nSPS) is 13.6. The third kappa shape index (κ3) is 9.47. The fourth-order valence-electron chi connectivity index (χ4n) is 4.51. The lowest BCUT2D eigenvalue weighted by atomic mass is 9.97. The van der Waals surface area contributed by atoms with Crippen molar-refractivity contribution in [1.29, 1.82) is 0 Å². The predicted octanol–water partition coefficient (Wildman–Crippen LogP) is 5.13. The van der Waals surface area contributed by atoms with Gasteiger partial charge in [0.15, 0.2) is 0 Å². The van der Waals surface area contributed by atoms with Crippen LogP contribution in [-0.2, 0) is 20.7 Å². The number of alkyl carbamates (subject to hydrolysis) is 1. The number of para-hydroxylation sites is 1. The van der Waals surface area contributed by atoms with E-state index in [1.165, 1.54) is 17.0 Å². The lowest BCUT2D eigenvalue weighted by molar-refractivity contribution is -0.142. The number of hydrogen-bond donors (Lipinski definition) is 4. The molecule has 0 aliphatic rings. The van der Waals surface area contributed by atoms with Crippen LogP contribution >= 0.6 is 0 Å². The smallest absolute Gasteiger partial charge is 0.408 e. The maximum Gasteiger partial charge on any atom is 0.408 e. The highest BCUT2D eigenvalue weighted by Crippen LogP contribution is 2.33. The summed E-state index contributed by atoms with van der Waals surface area (Å²) in [6.07, 6.45) is 1.48. The largest absolute Gasteiger partial charge is 0.508 e.